The fraction of sp³-hybridized carbons (Fsp3) is 0.625. The third-order valence-corrected chi connectivity index (χ3v) is 1.70. The molecule has 0 aromatic carbocycles. The van der Waals surface area contributed by atoms with Crippen molar-refractivity contribution in [3.8, 4) is 0 Å². The molecule has 98 valence electrons. The average Bonchev–Trinajstić information content (AvgIpc) is 2.20. The summed E-state index contributed by atoms with van der Waals surface area (Å²) < 4.78 is 23.5. The number of hydrogen-bond donors (Lipinski definition) is 4. The summed E-state index contributed by atoms with van der Waals surface area (Å²) in [6.45, 7) is -0.881. The van der Waals surface area contributed by atoms with Gasteiger partial charge < -0.3 is 21.5 Å². The van der Waals surface area contributed by atoms with Gasteiger partial charge in [0.15, 0.2) is 0 Å². The molecule has 0 heterocycles. The third kappa shape index (κ3) is 7.94. The van der Waals surface area contributed by atoms with Gasteiger partial charge in [-0.3, -0.25) is 4.79 Å². The van der Waals surface area contributed by atoms with Crippen LogP contribution in [-0.2, 0) is 9.59 Å². The number of carbonyl (C=O) groups excluding carboxylic acids is 2. The summed E-state index contributed by atoms with van der Waals surface area (Å²) in [6, 6.07) is -2.39. The number of carboxylic acids is 1. The number of primary amides is 1. The van der Waals surface area contributed by atoms with Crippen molar-refractivity contribution in [1.29, 1.82) is 0 Å². The van der Waals surface area contributed by atoms with E-state index in [0.29, 0.717) is 0 Å². The van der Waals surface area contributed by atoms with Crippen molar-refractivity contribution in [2.45, 2.75) is 25.3 Å². The summed E-state index contributed by atoms with van der Waals surface area (Å²) in [5.74, 6) is -2.09. The largest absolute Gasteiger partial charge is 0.480 e. The van der Waals surface area contributed by atoms with Gasteiger partial charge in [-0.25, -0.2) is 18.4 Å². The van der Waals surface area contributed by atoms with Crippen LogP contribution in [0.4, 0.5) is 13.6 Å². The molecule has 0 aliphatic rings. The van der Waals surface area contributed by atoms with Crippen molar-refractivity contribution in [2.24, 2.45) is 5.73 Å². The number of rotatable bonds is 7. The van der Waals surface area contributed by atoms with Gasteiger partial charge in [0.05, 0.1) is 6.54 Å². The molecule has 0 spiro atoms. The predicted octanol–water partition coefficient (Wildman–Crippen LogP) is -0.731. The molecule has 1 atom stereocenters. The first-order valence-corrected chi connectivity index (χ1v) is 4.66. The topological polar surface area (TPSA) is 122 Å². The zero-order valence-electron chi connectivity index (χ0n) is 8.78. The Kier molecular flexibility index (Phi) is 6.53. The Hall–Kier alpha value is -1.93. The highest BCUT2D eigenvalue weighted by molar-refractivity contribution is 5.83. The van der Waals surface area contributed by atoms with E-state index in [-0.39, 0.29) is 12.8 Å². The highest BCUT2D eigenvalue weighted by Gasteiger charge is 2.20. The first-order chi connectivity index (χ1) is 7.82. The van der Waals surface area contributed by atoms with Crippen LogP contribution in [0.5, 0.6) is 0 Å². The third-order valence-electron chi connectivity index (χ3n) is 1.70. The molecule has 5 N–H and O–H groups in total. The van der Waals surface area contributed by atoms with Crippen LogP contribution in [0.15, 0.2) is 0 Å². The molecule has 7 nitrogen and oxygen atoms in total. The molecular weight excluding hydrogens is 240 g/mol. The maximum absolute atomic E-state index is 11.7. The number of alkyl halides is 2. The molecular formula is C8H13F2N3O4. The van der Waals surface area contributed by atoms with Gasteiger partial charge in [-0.15, -0.1) is 0 Å². The van der Waals surface area contributed by atoms with E-state index in [2.05, 4.69) is 0 Å². The van der Waals surface area contributed by atoms with Crippen LogP contribution in [0.1, 0.15) is 12.8 Å². The second-order valence-electron chi connectivity index (χ2n) is 3.14. The van der Waals surface area contributed by atoms with Crippen molar-refractivity contribution in [3.63, 3.8) is 0 Å². The number of halogens is 2. The molecule has 0 bridgehead atoms. The SMILES string of the molecule is NC(=O)CCC(NC(=O)NCC(F)F)C(=O)O. The van der Waals surface area contributed by atoms with E-state index >= 15 is 0 Å². The summed E-state index contributed by atoms with van der Waals surface area (Å²) in [6.07, 6.45) is -3.16. The van der Waals surface area contributed by atoms with Crippen LogP contribution in [0, 0.1) is 0 Å². The van der Waals surface area contributed by atoms with Crippen molar-refractivity contribution < 1.29 is 28.3 Å². The van der Waals surface area contributed by atoms with Crippen LogP contribution in [0.25, 0.3) is 0 Å². The van der Waals surface area contributed by atoms with Gasteiger partial charge in [0.1, 0.15) is 6.04 Å². The Morgan fingerprint density at radius 3 is 2.29 bits per heavy atom. The van der Waals surface area contributed by atoms with Crippen molar-refractivity contribution in [2.75, 3.05) is 6.54 Å². The lowest BCUT2D eigenvalue weighted by Crippen LogP contribution is -2.47. The normalized spacial score (nSPS) is 11.9. The molecule has 0 aromatic rings. The number of carboxylic acid groups (broad SMARTS) is 1. The highest BCUT2D eigenvalue weighted by atomic mass is 19.3. The quantitative estimate of drug-likeness (QED) is 0.477. The molecule has 9 heteroatoms. The molecule has 0 saturated carbocycles. The van der Waals surface area contributed by atoms with Crippen molar-refractivity contribution >= 4 is 17.9 Å². The maximum Gasteiger partial charge on any atom is 0.326 e. The zero-order chi connectivity index (χ0) is 13.4. The smallest absolute Gasteiger partial charge is 0.326 e. The molecule has 1 unspecified atom stereocenters. The number of nitrogens with two attached hydrogens (primary N) is 1. The zero-order valence-corrected chi connectivity index (χ0v) is 8.78. The second-order valence-corrected chi connectivity index (χ2v) is 3.14. The van der Waals surface area contributed by atoms with Crippen LogP contribution in [0.3, 0.4) is 0 Å². The van der Waals surface area contributed by atoms with Gasteiger partial charge in [-0.05, 0) is 6.42 Å². The number of aliphatic carboxylic acids is 1. The van der Waals surface area contributed by atoms with E-state index in [1.54, 1.807) is 5.32 Å². The van der Waals surface area contributed by atoms with E-state index in [1.807, 2.05) is 5.32 Å². The minimum absolute atomic E-state index is 0.202. The summed E-state index contributed by atoms with van der Waals surface area (Å²) in [5.41, 5.74) is 4.81. The molecule has 0 aromatic heterocycles. The molecule has 0 aliphatic carbocycles. The predicted molar refractivity (Wildman–Crippen MR) is 52.4 cm³/mol. The van der Waals surface area contributed by atoms with Gasteiger partial charge in [0, 0.05) is 6.42 Å². The van der Waals surface area contributed by atoms with E-state index in [1.165, 1.54) is 0 Å². The fourth-order valence-electron chi connectivity index (χ4n) is 0.923. The summed E-state index contributed by atoms with van der Waals surface area (Å²) >= 11 is 0. The Bertz CT molecular complexity index is 298. The van der Waals surface area contributed by atoms with Crippen molar-refractivity contribution in [3.05, 3.63) is 0 Å². The van der Waals surface area contributed by atoms with Crippen molar-refractivity contribution in [1.82, 2.24) is 10.6 Å². The minimum atomic E-state index is -2.73. The lowest BCUT2D eigenvalue weighted by atomic mass is 10.1. The lowest BCUT2D eigenvalue weighted by molar-refractivity contribution is -0.139. The minimum Gasteiger partial charge on any atom is -0.480 e. The number of carbonyl (C=O) groups is 3. The van der Waals surface area contributed by atoms with Crippen LogP contribution >= 0.6 is 0 Å². The van der Waals surface area contributed by atoms with Gasteiger partial charge in [-0.1, -0.05) is 0 Å². The van der Waals surface area contributed by atoms with Gasteiger partial charge in [-0.2, -0.15) is 0 Å². The standard InChI is InChI=1S/C8H13F2N3O4/c9-5(10)3-12-8(17)13-4(7(15)16)1-2-6(11)14/h4-5H,1-3H2,(H2,11,14)(H,15,16)(H2,12,13,17). The van der Waals surface area contributed by atoms with Crippen LogP contribution < -0.4 is 16.4 Å². The summed E-state index contributed by atoms with van der Waals surface area (Å²) in [7, 11) is 0. The summed E-state index contributed by atoms with van der Waals surface area (Å²) in [5, 5.41) is 12.4. The Balaban J connectivity index is 4.11. The number of nitrogens with one attached hydrogen (secondary N) is 2. The molecule has 0 radical (unpaired) electrons. The van der Waals surface area contributed by atoms with E-state index < -0.39 is 36.9 Å². The second kappa shape index (κ2) is 7.36. The number of urea groups is 1. The highest BCUT2D eigenvalue weighted by Crippen LogP contribution is 1.97. The van der Waals surface area contributed by atoms with Gasteiger partial charge >= 0.3 is 12.0 Å². The molecule has 17 heavy (non-hydrogen) atoms. The Morgan fingerprint density at radius 1 is 1.29 bits per heavy atom. The van der Waals surface area contributed by atoms with Gasteiger partial charge in [0.25, 0.3) is 6.43 Å². The van der Waals surface area contributed by atoms with E-state index in [4.69, 9.17) is 10.8 Å². The van der Waals surface area contributed by atoms with Crippen LogP contribution in [0.2, 0.25) is 0 Å². The Morgan fingerprint density at radius 2 is 1.88 bits per heavy atom. The molecule has 0 fully saturated rings. The van der Waals surface area contributed by atoms with E-state index in [9.17, 15) is 23.2 Å². The fourth-order valence-corrected chi connectivity index (χ4v) is 0.923. The monoisotopic (exact) mass is 253 g/mol. The molecule has 0 rings (SSSR count). The molecule has 3 amide bonds. The number of amides is 3. The Labute approximate surface area is 95.3 Å². The summed E-state index contributed by atoms with van der Waals surface area (Å²) in [4.78, 5) is 32.0. The number of hydrogen-bond acceptors (Lipinski definition) is 3. The molecule has 0 saturated heterocycles. The molecule has 0 aliphatic heterocycles. The van der Waals surface area contributed by atoms with Gasteiger partial charge in [0.2, 0.25) is 5.91 Å². The lowest BCUT2D eigenvalue weighted by Gasteiger charge is -2.14. The first-order valence-electron chi connectivity index (χ1n) is 4.66. The average molecular weight is 253 g/mol. The maximum atomic E-state index is 11.7. The van der Waals surface area contributed by atoms with E-state index in [0.717, 1.165) is 0 Å². The van der Waals surface area contributed by atoms with Crippen LogP contribution in [-0.4, -0.2) is 42.0 Å². The first kappa shape index (κ1) is 15.1.